The van der Waals surface area contributed by atoms with E-state index >= 15 is 0 Å². The lowest BCUT2D eigenvalue weighted by Crippen LogP contribution is -2.33. The molecular weight excluding hydrogens is 264 g/mol. The SMILES string of the molecule is CNc1ccccc1C(=O)NCC1CSCCS1. The molecule has 1 fully saturated rings. The van der Waals surface area contributed by atoms with Gasteiger partial charge in [-0.25, -0.2) is 0 Å². The van der Waals surface area contributed by atoms with Gasteiger partial charge in [0, 0.05) is 41.8 Å². The van der Waals surface area contributed by atoms with Crippen LogP contribution >= 0.6 is 23.5 Å². The summed E-state index contributed by atoms with van der Waals surface area (Å²) in [5, 5.41) is 6.62. The average Bonchev–Trinajstić information content (AvgIpc) is 2.45. The molecule has 2 N–H and O–H groups in total. The molecule has 0 bridgehead atoms. The van der Waals surface area contributed by atoms with Gasteiger partial charge < -0.3 is 10.6 Å². The van der Waals surface area contributed by atoms with E-state index in [1.807, 2.05) is 54.8 Å². The molecule has 98 valence electrons. The number of carbonyl (C=O) groups excluding carboxylic acids is 1. The average molecular weight is 282 g/mol. The van der Waals surface area contributed by atoms with Gasteiger partial charge in [-0.05, 0) is 12.1 Å². The maximum Gasteiger partial charge on any atom is 0.253 e. The van der Waals surface area contributed by atoms with Gasteiger partial charge in [-0.1, -0.05) is 12.1 Å². The van der Waals surface area contributed by atoms with E-state index in [1.54, 1.807) is 0 Å². The monoisotopic (exact) mass is 282 g/mol. The molecule has 1 aromatic rings. The summed E-state index contributed by atoms with van der Waals surface area (Å²) in [5.41, 5.74) is 1.59. The van der Waals surface area contributed by atoms with Crippen LogP contribution in [0.5, 0.6) is 0 Å². The number of carbonyl (C=O) groups is 1. The van der Waals surface area contributed by atoms with E-state index in [9.17, 15) is 4.79 Å². The van der Waals surface area contributed by atoms with Crippen LogP contribution in [0.2, 0.25) is 0 Å². The fourth-order valence-electron chi connectivity index (χ4n) is 1.86. The van der Waals surface area contributed by atoms with E-state index in [0.29, 0.717) is 10.8 Å². The first kappa shape index (κ1) is 13.6. The molecular formula is C13H18N2OS2. The molecule has 1 amide bonds. The summed E-state index contributed by atoms with van der Waals surface area (Å²) < 4.78 is 0. The Kier molecular flexibility index (Phi) is 5.26. The third kappa shape index (κ3) is 3.59. The molecule has 1 atom stereocenters. The van der Waals surface area contributed by atoms with Crippen molar-refractivity contribution in [3.63, 3.8) is 0 Å². The quantitative estimate of drug-likeness (QED) is 0.889. The molecule has 1 aliphatic heterocycles. The molecule has 0 radical (unpaired) electrons. The Morgan fingerprint density at radius 1 is 1.39 bits per heavy atom. The van der Waals surface area contributed by atoms with Crippen molar-refractivity contribution < 1.29 is 4.79 Å². The molecule has 2 rings (SSSR count). The molecule has 1 saturated heterocycles. The van der Waals surface area contributed by atoms with Crippen LogP contribution < -0.4 is 10.6 Å². The molecule has 5 heteroatoms. The van der Waals surface area contributed by atoms with Gasteiger partial charge in [-0.3, -0.25) is 4.79 Å². The van der Waals surface area contributed by atoms with Crippen molar-refractivity contribution in [2.75, 3.05) is 36.2 Å². The third-order valence-corrected chi connectivity index (χ3v) is 5.66. The predicted octanol–water partition coefficient (Wildman–Crippen LogP) is 2.31. The molecule has 1 aliphatic rings. The maximum absolute atomic E-state index is 12.1. The smallest absolute Gasteiger partial charge is 0.253 e. The van der Waals surface area contributed by atoms with E-state index in [1.165, 1.54) is 11.5 Å². The number of nitrogens with one attached hydrogen (secondary N) is 2. The van der Waals surface area contributed by atoms with Crippen LogP contribution in [0.1, 0.15) is 10.4 Å². The predicted molar refractivity (Wildman–Crippen MR) is 81.9 cm³/mol. The van der Waals surface area contributed by atoms with Gasteiger partial charge in [-0.15, -0.1) is 0 Å². The molecule has 1 unspecified atom stereocenters. The minimum atomic E-state index is 0.0103. The van der Waals surface area contributed by atoms with Gasteiger partial charge in [0.1, 0.15) is 0 Å². The third-order valence-electron chi connectivity index (χ3n) is 2.82. The number of thioether (sulfide) groups is 2. The minimum Gasteiger partial charge on any atom is -0.387 e. The Hall–Kier alpha value is -0.810. The van der Waals surface area contributed by atoms with Crippen LogP contribution in [0.4, 0.5) is 5.69 Å². The fourth-order valence-corrected chi connectivity index (χ4v) is 4.47. The Morgan fingerprint density at radius 2 is 2.22 bits per heavy atom. The highest BCUT2D eigenvalue weighted by atomic mass is 32.2. The number of benzene rings is 1. The summed E-state index contributed by atoms with van der Waals surface area (Å²) in [6, 6.07) is 7.58. The maximum atomic E-state index is 12.1. The zero-order valence-corrected chi connectivity index (χ0v) is 12.1. The normalized spacial score (nSPS) is 19.3. The lowest BCUT2D eigenvalue weighted by Gasteiger charge is -2.21. The Morgan fingerprint density at radius 3 is 2.94 bits per heavy atom. The van der Waals surface area contributed by atoms with Crippen molar-refractivity contribution in [1.29, 1.82) is 0 Å². The summed E-state index contributed by atoms with van der Waals surface area (Å²) >= 11 is 3.93. The lowest BCUT2D eigenvalue weighted by molar-refractivity contribution is 0.0955. The van der Waals surface area contributed by atoms with Gasteiger partial charge >= 0.3 is 0 Å². The summed E-state index contributed by atoms with van der Waals surface area (Å²) in [7, 11) is 1.83. The van der Waals surface area contributed by atoms with Crippen molar-refractivity contribution in [2.24, 2.45) is 0 Å². The molecule has 0 aromatic heterocycles. The first-order valence-corrected chi connectivity index (χ1v) is 8.26. The molecule has 1 heterocycles. The standard InChI is InChI=1S/C13H18N2OS2/c1-14-12-5-3-2-4-11(12)13(16)15-8-10-9-17-6-7-18-10/h2-5,10,14H,6-9H2,1H3,(H,15,16). The largest absolute Gasteiger partial charge is 0.387 e. The zero-order chi connectivity index (χ0) is 12.8. The summed E-state index contributed by atoms with van der Waals surface area (Å²) in [5.74, 6) is 3.57. The van der Waals surface area contributed by atoms with Crippen molar-refractivity contribution >= 4 is 35.1 Å². The Labute approximate surface area is 116 Å². The first-order chi connectivity index (χ1) is 8.81. The van der Waals surface area contributed by atoms with Crippen molar-refractivity contribution in [3.05, 3.63) is 29.8 Å². The number of para-hydroxylation sites is 1. The number of rotatable bonds is 4. The van der Waals surface area contributed by atoms with Gasteiger partial charge in [0.15, 0.2) is 0 Å². The number of hydrogen-bond donors (Lipinski definition) is 2. The molecule has 3 nitrogen and oxygen atoms in total. The highest BCUT2D eigenvalue weighted by Gasteiger charge is 2.16. The molecule has 0 aliphatic carbocycles. The van der Waals surface area contributed by atoms with Crippen molar-refractivity contribution in [1.82, 2.24) is 5.32 Å². The number of hydrogen-bond acceptors (Lipinski definition) is 4. The summed E-state index contributed by atoms with van der Waals surface area (Å²) in [6.07, 6.45) is 0. The van der Waals surface area contributed by atoms with E-state index in [2.05, 4.69) is 10.6 Å². The topological polar surface area (TPSA) is 41.1 Å². The Balaban J connectivity index is 1.90. The van der Waals surface area contributed by atoms with Crippen LogP contribution in [0.15, 0.2) is 24.3 Å². The second kappa shape index (κ2) is 6.95. The van der Waals surface area contributed by atoms with Crippen molar-refractivity contribution in [3.8, 4) is 0 Å². The molecule has 18 heavy (non-hydrogen) atoms. The van der Waals surface area contributed by atoms with Gasteiger partial charge in [-0.2, -0.15) is 23.5 Å². The van der Waals surface area contributed by atoms with Gasteiger partial charge in [0.2, 0.25) is 0 Å². The van der Waals surface area contributed by atoms with E-state index in [4.69, 9.17) is 0 Å². The van der Waals surface area contributed by atoms with Gasteiger partial charge in [0.05, 0.1) is 5.56 Å². The summed E-state index contributed by atoms with van der Waals surface area (Å²) in [4.78, 5) is 12.1. The van der Waals surface area contributed by atoms with Crippen molar-refractivity contribution in [2.45, 2.75) is 5.25 Å². The Bertz CT molecular complexity index is 406. The van der Waals surface area contributed by atoms with Gasteiger partial charge in [0.25, 0.3) is 5.91 Å². The highest BCUT2D eigenvalue weighted by Crippen LogP contribution is 2.23. The summed E-state index contributed by atoms with van der Waals surface area (Å²) in [6.45, 7) is 0.758. The number of anilines is 1. The zero-order valence-electron chi connectivity index (χ0n) is 10.4. The first-order valence-electron chi connectivity index (χ1n) is 6.05. The number of amides is 1. The van der Waals surface area contributed by atoms with E-state index < -0.39 is 0 Å². The van der Waals surface area contributed by atoms with E-state index in [-0.39, 0.29) is 5.91 Å². The highest BCUT2D eigenvalue weighted by molar-refractivity contribution is 8.06. The van der Waals surface area contributed by atoms with Crippen LogP contribution in [0, 0.1) is 0 Å². The molecule has 0 spiro atoms. The lowest BCUT2D eigenvalue weighted by atomic mass is 10.1. The van der Waals surface area contributed by atoms with Crippen LogP contribution in [0.3, 0.4) is 0 Å². The second-order valence-electron chi connectivity index (χ2n) is 4.07. The minimum absolute atomic E-state index is 0.0103. The van der Waals surface area contributed by atoms with Crippen LogP contribution in [-0.4, -0.2) is 42.0 Å². The second-order valence-corrected chi connectivity index (χ2v) is 6.63. The van der Waals surface area contributed by atoms with Crippen LogP contribution in [0.25, 0.3) is 0 Å². The molecule has 1 aromatic carbocycles. The van der Waals surface area contributed by atoms with E-state index in [0.717, 1.165) is 18.0 Å². The fraction of sp³-hybridized carbons (Fsp3) is 0.462. The van der Waals surface area contributed by atoms with Crippen LogP contribution in [-0.2, 0) is 0 Å². The molecule has 0 saturated carbocycles.